The number of ether oxygens (including phenoxy) is 2. The maximum Gasteiger partial charge on any atom is 0.251 e. The minimum Gasteiger partial charge on any atom is -0.493 e. The Balaban J connectivity index is 1.60. The van der Waals surface area contributed by atoms with Crippen molar-refractivity contribution in [1.29, 1.82) is 0 Å². The summed E-state index contributed by atoms with van der Waals surface area (Å²) >= 11 is 0. The van der Waals surface area contributed by atoms with Gasteiger partial charge in [-0.05, 0) is 44.5 Å². The Labute approximate surface area is 191 Å². The van der Waals surface area contributed by atoms with Crippen molar-refractivity contribution in [2.45, 2.75) is 26.7 Å². The normalized spacial score (nSPS) is 10.9. The third-order valence-corrected chi connectivity index (χ3v) is 5.11. The Bertz CT molecular complexity index is 1260. The number of amides is 1. The van der Waals surface area contributed by atoms with E-state index >= 15 is 0 Å². The highest BCUT2D eigenvalue weighted by atomic mass is 16.5. The molecule has 0 aliphatic rings. The summed E-state index contributed by atoms with van der Waals surface area (Å²) in [6, 6.07) is 11.1. The number of benzene rings is 1. The number of rotatable bonds is 9. The summed E-state index contributed by atoms with van der Waals surface area (Å²) in [5, 5.41) is 11.5. The van der Waals surface area contributed by atoms with E-state index in [1.807, 2.05) is 38.1 Å². The van der Waals surface area contributed by atoms with E-state index in [4.69, 9.17) is 14.5 Å². The number of pyridine rings is 2. The maximum absolute atomic E-state index is 12.7. The Morgan fingerprint density at radius 3 is 2.79 bits per heavy atom. The van der Waals surface area contributed by atoms with Gasteiger partial charge in [0.1, 0.15) is 17.9 Å². The highest BCUT2D eigenvalue weighted by Crippen LogP contribution is 2.32. The third-order valence-electron chi connectivity index (χ3n) is 5.11. The first-order chi connectivity index (χ1) is 16.1. The van der Waals surface area contributed by atoms with E-state index in [0.717, 1.165) is 41.0 Å². The lowest BCUT2D eigenvalue weighted by Gasteiger charge is -2.12. The molecule has 170 valence electrons. The molecule has 4 aromatic rings. The van der Waals surface area contributed by atoms with Crippen molar-refractivity contribution in [1.82, 2.24) is 30.5 Å². The Kier molecular flexibility index (Phi) is 6.77. The molecule has 0 aliphatic carbocycles. The highest BCUT2D eigenvalue weighted by molar-refractivity contribution is 5.99. The molecule has 0 aliphatic heterocycles. The van der Waals surface area contributed by atoms with Crippen LogP contribution in [0.3, 0.4) is 0 Å². The van der Waals surface area contributed by atoms with E-state index in [9.17, 15) is 4.79 Å². The molecule has 1 aromatic carbocycles. The van der Waals surface area contributed by atoms with Crippen LogP contribution in [-0.2, 0) is 6.42 Å². The number of fused-ring (bicyclic) bond motifs is 1. The van der Waals surface area contributed by atoms with E-state index in [0.29, 0.717) is 35.9 Å². The summed E-state index contributed by atoms with van der Waals surface area (Å²) in [4.78, 5) is 24.8. The van der Waals surface area contributed by atoms with Crippen molar-refractivity contribution in [3.8, 4) is 22.9 Å². The Morgan fingerprint density at radius 1 is 1.15 bits per heavy atom. The molecular formula is C24H26N6O3. The van der Waals surface area contributed by atoms with Crippen LogP contribution in [0.5, 0.6) is 11.6 Å². The van der Waals surface area contributed by atoms with Gasteiger partial charge in [0.05, 0.1) is 24.9 Å². The molecular weight excluding hydrogens is 420 g/mol. The summed E-state index contributed by atoms with van der Waals surface area (Å²) in [6.45, 7) is 4.89. The molecule has 3 heterocycles. The number of carbonyl (C=O) groups is 1. The fraction of sp³-hybridized carbons (Fsp3) is 0.292. The SMILES string of the molecule is CCOc1cc(-c2cc(C)nc(OC)c2)nc2cc(C(=O)NCCCc3nnc[nH]3)ccc12. The van der Waals surface area contributed by atoms with Gasteiger partial charge in [-0.25, -0.2) is 9.97 Å². The number of carbonyl (C=O) groups excluding carboxylic acids is 1. The number of hydrogen-bond acceptors (Lipinski definition) is 7. The number of nitrogens with zero attached hydrogens (tertiary/aromatic N) is 4. The van der Waals surface area contributed by atoms with Crippen LogP contribution in [0.1, 0.15) is 35.2 Å². The molecule has 9 nitrogen and oxygen atoms in total. The molecule has 0 saturated heterocycles. The van der Waals surface area contributed by atoms with Crippen molar-refractivity contribution in [2.75, 3.05) is 20.3 Å². The van der Waals surface area contributed by atoms with Gasteiger partial charge in [0.15, 0.2) is 0 Å². The lowest BCUT2D eigenvalue weighted by molar-refractivity contribution is 0.0953. The van der Waals surface area contributed by atoms with Gasteiger partial charge in [-0.15, -0.1) is 10.2 Å². The van der Waals surface area contributed by atoms with Gasteiger partial charge in [-0.3, -0.25) is 4.79 Å². The smallest absolute Gasteiger partial charge is 0.251 e. The topological polar surface area (TPSA) is 115 Å². The van der Waals surface area contributed by atoms with Gasteiger partial charge in [-0.1, -0.05) is 0 Å². The quantitative estimate of drug-likeness (QED) is 0.378. The second kappa shape index (κ2) is 10.1. The van der Waals surface area contributed by atoms with Crippen molar-refractivity contribution < 1.29 is 14.3 Å². The summed E-state index contributed by atoms with van der Waals surface area (Å²) in [5.74, 6) is 1.88. The van der Waals surface area contributed by atoms with Crippen LogP contribution >= 0.6 is 0 Å². The molecule has 1 amide bonds. The van der Waals surface area contributed by atoms with E-state index in [2.05, 4.69) is 25.5 Å². The van der Waals surface area contributed by atoms with Crippen molar-refractivity contribution in [3.63, 3.8) is 0 Å². The lowest BCUT2D eigenvalue weighted by atomic mass is 10.1. The molecule has 0 radical (unpaired) electrons. The van der Waals surface area contributed by atoms with Gasteiger partial charge in [-0.2, -0.15) is 0 Å². The van der Waals surface area contributed by atoms with Gasteiger partial charge in [0.2, 0.25) is 5.88 Å². The molecule has 3 aromatic heterocycles. The van der Waals surface area contributed by atoms with Crippen LogP contribution in [0, 0.1) is 6.92 Å². The van der Waals surface area contributed by atoms with E-state index in [1.165, 1.54) is 0 Å². The summed E-state index contributed by atoms with van der Waals surface area (Å²) < 4.78 is 11.2. The first-order valence-corrected chi connectivity index (χ1v) is 10.8. The van der Waals surface area contributed by atoms with Crippen LogP contribution in [-0.4, -0.2) is 51.3 Å². The third kappa shape index (κ3) is 5.25. The van der Waals surface area contributed by atoms with Crippen molar-refractivity contribution in [2.24, 2.45) is 0 Å². The zero-order valence-electron chi connectivity index (χ0n) is 18.9. The van der Waals surface area contributed by atoms with Crippen LogP contribution in [0.15, 0.2) is 42.7 Å². The number of aromatic nitrogens is 5. The largest absolute Gasteiger partial charge is 0.493 e. The second-order valence-electron chi connectivity index (χ2n) is 7.51. The minimum atomic E-state index is -0.152. The Morgan fingerprint density at radius 2 is 2.03 bits per heavy atom. The van der Waals surface area contributed by atoms with Crippen LogP contribution < -0.4 is 14.8 Å². The molecule has 0 spiro atoms. The van der Waals surface area contributed by atoms with Crippen LogP contribution in [0.2, 0.25) is 0 Å². The highest BCUT2D eigenvalue weighted by Gasteiger charge is 2.13. The number of methoxy groups -OCH3 is 1. The fourth-order valence-electron chi connectivity index (χ4n) is 3.56. The molecule has 0 fully saturated rings. The molecule has 0 saturated carbocycles. The number of aromatic amines is 1. The van der Waals surface area contributed by atoms with E-state index < -0.39 is 0 Å². The van der Waals surface area contributed by atoms with Crippen molar-refractivity contribution in [3.05, 3.63) is 59.8 Å². The van der Waals surface area contributed by atoms with Gasteiger partial charge < -0.3 is 19.8 Å². The molecule has 0 atom stereocenters. The number of hydrogen-bond donors (Lipinski definition) is 2. The first-order valence-electron chi connectivity index (χ1n) is 10.8. The monoisotopic (exact) mass is 446 g/mol. The number of H-pyrrole nitrogens is 1. The average molecular weight is 447 g/mol. The van der Waals surface area contributed by atoms with Crippen LogP contribution in [0.25, 0.3) is 22.2 Å². The molecule has 4 rings (SSSR count). The standard InChI is InChI=1S/C24H26N6O3/c1-4-33-21-13-19(17-10-15(2)28-23(12-17)32-3)29-20-11-16(7-8-18(20)21)24(31)25-9-5-6-22-26-14-27-30-22/h7-8,10-14H,4-6,9H2,1-3H3,(H,25,31)(H,26,27,30). The van der Waals surface area contributed by atoms with Gasteiger partial charge in [0.25, 0.3) is 5.91 Å². The summed E-state index contributed by atoms with van der Waals surface area (Å²) in [5.41, 5.74) is 3.63. The fourth-order valence-corrected chi connectivity index (χ4v) is 3.56. The first kappa shape index (κ1) is 22.2. The zero-order valence-corrected chi connectivity index (χ0v) is 18.9. The Hall–Kier alpha value is -4.01. The summed E-state index contributed by atoms with van der Waals surface area (Å²) in [6.07, 6.45) is 3.02. The predicted octanol–water partition coefficient (Wildman–Crippen LogP) is 3.49. The average Bonchev–Trinajstić information content (AvgIpc) is 3.34. The van der Waals surface area contributed by atoms with E-state index in [-0.39, 0.29) is 5.91 Å². The maximum atomic E-state index is 12.7. The molecule has 0 unspecified atom stereocenters. The minimum absolute atomic E-state index is 0.152. The number of nitrogens with one attached hydrogen (secondary N) is 2. The zero-order chi connectivity index (χ0) is 23.2. The lowest BCUT2D eigenvalue weighted by Crippen LogP contribution is -2.24. The predicted molar refractivity (Wildman–Crippen MR) is 124 cm³/mol. The van der Waals surface area contributed by atoms with Gasteiger partial charge >= 0.3 is 0 Å². The molecule has 9 heteroatoms. The molecule has 2 N–H and O–H groups in total. The molecule has 33 heavy (non-hydrogen) atoms. The molecule has 0 bridgehead atoms. The van der Waals surface area contributed by atoms with Gasteiger partial charge in [0, 0.05) is 47.3 Å². The van der Waals surface area contributed by atoms with Crippen molar-refractivity contribution >= 4 is 16.8 Å². The van der Waals surface area contributed by atoms with Crippen LogP contribution in [0.4, 0.5) is 0 Å². The number of aryl methyl sites for hydroxylation is 2. The van der Waals surface area contributed by atoms with E-state index in [1.54, 1.807) is 25.6 Å². The second-order valence-corrected chi connectivity index (χ2v) is 7.51. The summed E-state index contributed by atoms with van der Waals surface area (Å²) in [7, 11) is 1.58.